The Bertz CT molecular complexity index is 575. The minimum Gasteiger partial charge on any atom is -0.496 e. The summed E-state index contributed by atoms with van der Waals surface area (Å²) in [6, 6.07) is 6.93. The average Bonchev–Trinajstić information content (AvgIpc) is 2.41. The first-order valence-electron chi connectivity index (χ1n) is 5.71. The van der Waals surface area contributed by atoms with E-state index < -0.39 is 6.10 Å². The van der Waals surface area contributed by atoms with Crippen LogP contribution in [0.3, 0.4) is 0 Å². The Kier molecular flexibility index (Phi) is 4.64. The molecule has 0 saturated heterocycles. The zero-order chi connectivity index (χ0) is 13.8. The van der Waals surface area contributed by atoms with Crippen LogP contribution < -0.4 is 4.74 Å². The second kappa shape index (κ2) is 6.24. The van der Waals surface area contributed by atoms with Gasteiger partial charge in [0.2, 0.25) is 0 Å². The summed E-state index contributed by atoms with van der Waals surface area (Å²) in [4.78, 5) is 3.91. The van der Waals surface area contributed by atoms with E-state index in [-0.39, 0.29) is 0 Å². The maximum absolute atomic E-state index is 10.3. The van der Waals surface area contributed by atoms with Gasteiger partial charge in [0.05, 0.1) is 18.2 Å². The van der Waals surface area contributed by atoms with Gasteiger partial charge in [-0.1, -0.05) is 29.3 Å². The van der Waals surface area contributed by atoms with Gasteiger partial charge in [-0.15, -0.1) is 0 Å². The van der Waals surface area contributed by atoms with Gasteiger partial charge in [0.25, 0.3) is 0 Å². The summed E-state index contributed by atoms with van der Waals surface area (Å²) < 4.78 is 5.23. The van der Waals surface area contributed by atoms with Gasteiger partial charge in [0, 0.05) is 29.4 Å². The Morgan fingerprint density at radius 3 is 2.79 bits per heavy atom. The summed E-state index contributed by atoms with van der Waals surface area (Å²) in [5.41, 5.74) is 1.51. The maximum atomic E-state index is 10.3. The van der Waals surface area contributed by atoms with Crippen LogP contribution in [0.2, 0.25) is 10.0 Å². The number of aliphatic hydroxyl groups excluding tert-OH is 1. The number of methoxy groups -OCH3 is 1. The first kappa shape index (κ1) is 14.1. The molecule has 3 nitrogen and oxygen atoms in total. The third kappa shape index (κ3) is 3.38. The molecular formula is C14H13Cl2NO2. The van der Waals surface area contributed by atoms with Crippen molar-refractivity contribution in [2.45, 2.75) is 12.5 Å². The van der Waals surface area contributed by atoms with Crippen molar-refractivity contribution in [3.05, 3.63) is 57.8 Å². The minimum absolute atomic E-state index is 0.388. The summed E-state index contributed by atoms with van der Waals surface area (Å²) in [7, 11) is 1.54. The standard InChI is InChI=1S/C14H13Cl2NO2/c1-19-14-7-10(15)2-3-11(14)13(18)6-9-4-5-17-8-12(9)16/h2-5,7-8,13,18H,6H2,1H3. The van der Waals surface area contributed by atoms with Gasteiger partial charge in [-0.2, -0.15) is 0 Å². The summed E-state index contributed by atoms with van der Waals surface area (Å²) in [6.07, 6.45) is 2.88. The third-order valence-corrected chi connectivity index (χ3v) is 3.40. The summed E-state index contributed by atoms with van der Waals surface area (Å²) >= 11 is 11.9. The van der Waals surface area contributed by atoms with E-state index in [1.54, 1.807) is 43.8 Å². The van der Waals surface area contributed by atoms with E-state index in [2.05, 4.69) is 4.98 Å². The van der Waals surface area contributed by atoms with Crippen molar-refractivity contribution in [1.82, 2.24) is 4.98 Å². The molecular weight excluding hydrogens is 285 g/mol. The number of hydrogen-bond donors (Lipinski definition) is 1. The molecule has 1 heterocycles. The molecule has 0 spiro atoms. The van der Waals surface area contributed by atoms with Crippen molar-refractivity contribution in [3.8, 4) is 5.75 Å². The first-order chi connectivity index (χ1) is 9.11. The molecule has 19 heavy (non-hydrogen) atoms. The molecule has 1 N–H and O–H groups in total. The van der Waals surface area contributed by atoms with Crippen molar-refractivity contribution in [2.24, 2.45) is 0 Å². The number of aliphatic hydroxyl groups is 1. The highest BCUT2D eigenvalue weighted by Crippen LogP contribution is 2.31. The van der Waals surface area contributed by atoms with E-state index in [1.807, 2.05) is 0 Å². The fourth-order valence-electron chi connectivity index (χ4n) is 1.85. The average molecular weight is 298 g/mol. The molecule has 2 rings (SSSR count). The normalized spacial score (nSPS) is 12.2. The molecule has 0 aliphatic carbocycles. The van der Waals surface area contributed by atoms with Crippen LogP contribution >= 0.6 is 23.2 Å². The van der Waals surface area contributed by atoms with E-state index >= 15 is 0 Å². The molecule has 0 fully saturated rings. The second-order valence-electron chi connectivity index (χ2n) is 4.07. The quantitative estimate of drug-likeness (QED) is 0.936. The number of benzene rings is 1. The highest BCUT2D eigenvalue weighted by Gasteiger charge is 2.15. The molecule has 5 heteroatoms. The largest absolute Gasteiger partial charge is 0.496 e. The second-order valence-corrected chi connectivity index (χ2v) is 4.92. The Hall–Kier alpha value is -1.29. The zero-order valence-electron chi connectivity index (χ0n) is 10.3. The highest BCUT2D eigenvalue weighted by molar-refractivity contribution is 6.31. The predicted molar refractivity (Wildman–Crippen MR) is 75.9 cm³/mol. The molecule has 2 aromatic rings. The van der Waals surface area contributed by atoms with Crippen LogP contribution in [0.1, 0.15) is 17.2 Å². The van der Waals surface area contributed by atoms with Gasteiger partial charge < -0.3 is 9.84 Å². The van der Waals surface area contributed by atoms with Gasteiger partial charge in [0.15, 0.2) is 0 Å². The fourth-order valence-corrected chi connectivity index (χ4v) is 2.21. The van der Waals surface area contributed by atoms with Gasteiger partial charge in [0.1, 0.15) is 5.75 Å². The number of nitrogens with zero attached hydrogens (tertiary/aromatic N) is 1. The SMILES string of the molecule is COc1cc(Cl)ccc1C(O)Cc1ccncc1Cl. The van der Waals surface area contributed by atoms with Crippen LogP contribution in [0.25, 0.3) is 0 Å². The molecule has 0 radical (unpaired) electrons. The molecule has 1 aromatic carbocycles. The van der Waals surface area contributed by atoms with Crippen LogP contribution in [-0.4, -0.2) is 17.2 Å². The lowest BCUT2D eigenvalue weighted by Gasteiger charge is -2.15. The minimum atomic E-state index is -0.716. The number of hydrogen-bond acceptors (Lipinski definition) is 3. The monoisotopic (exact) mass is 297 g/mol. The molecule has 0 aliphatic heterocycles. The van der Waals surface area contributed by atoms with Crippen molar-refractivity contribution in [3.63, 3.8) is 0 Å². The van der Waals surface area contributed by atoms with E-state index in [4.69, 9.17) is 27.9 Å². The Morgan fingerprint density at radius 1 is 1.32 bits per heavy atom. The molecule has 0 saturated carbocycles. The topological polar surface area (TPSA) is 42.4 Å². The van der Waals surface area contributed by atoms with E-state index in [0.29, 0.717) is 27.8 Å². The zero-order valence-corrected chi connectivity index (χ0v) is 11.8. The number of ether oxygens (including phenoxy) is 1. The summed E-state index contributed by atoms with van der Waals surface area (Å²) in [5, 5.41) is 11.4. The van der Waals surface area contributed by atoms with Crippen LogP contribution in [0.15, 0.2) is 36.7 Å². The van der Waals surface area contributed by atoms with Crippen LogP contribution in [-0.2, 0) is 6.42 Å². The van der Waals surface area contributed by atoms with Crippen molar-refractivity contribution < 1.29 is 9.84 Å². The lowest BCUT2D eigenvalue weighted by atomic mass is 10.0. The van der Waals surface area contributed by atoms with Crippen LogP contribution in [0.5, 0.6) is 5.75 Å². The van der Waals surface area contributed by atoms with E-state index in [0.717, 1.165) is 5.56 Å². The molecule has 0 bridgehead atoms. The molecule has 1 aromatic heterocycles. The number of aromatic nitrogens is 1. The van der Waals surface area contributed by atoms with Crippen LogP contribution in [0, 0.1) is 0 Å². The Balaban J connectivity index is 2.25. The molecule has 1 unspecified atom stereocenters. The number of halogens is 2. The third-order valence-electron chi connectivity index (χ3n) is 2.82. The lowest BCUT2D eigenvalue weighted by molar-refractivity contribution is 0.174. The van der Waals surface area contributed by atoms with Gasteiger partial charge in [-0.25, -0.2) is 0 Å². The van der Waals surface area contributed by atoms with E-state index in [1.165, 1.54) is 0 Å². The molecule has 0 aliphatic rings. The maximum Gasteiger partial charge on any atom is 0.126 e. The Morgan fingerprint density at radius 2 is 2.11 bits per heavy atom. The number of pyridine rings is 1. The van der Waals surface area contributed by atoms with Crippen molar-refractivity contribution >= 4 is 23.2 Å². The van der Waals surface area contributed by atoms with Gasteiger partial charge >= 0.3 is 0 Å². The van der Waals surface area contributed by atoms with Gasteiger partial charge in [-0.05, 0) is 23.8 Å². The van der Waals surface area contributed by atoms with Gasteiger partial charge in [-0.3, -0.25) is 4.98 Å². The number of rotatable bonds is 4. The summed E-state index contributed by atoms with van der Waals surface area (Å²) in [6.45, 7) is 0. The fraction of sp³-hybridized carbons (Fsp3) is 0.214. The molecule has 0 amide bonds. The van der Waals surface area contributed by atoms with Crippen molar-refractivity contribution in [1.29, 1.82) is 0 Å². The summed E-state index contributed by atoms with van der Waals surface area (Å²) in [5.74, 6) is 0.560. The van der Waals surface area contributed by atoms with Crippen molar-refractivity contribution in [2.75, 3.05) is 7.11 Å². The Labute approximate surface area is 121 Å². The lowest BCUT2D eigenvalue weighted by Crippen LogP contribution is -2.04. The first-order valence-corrected chi connectivity index (χ1v) is 6.47. The predicted octanol–water partition coefficient (Wildman–Crippen LogP) is 3.67. The van der Waals surface area contributed by atoms with E-state index in [9.17, 15) is 5.11 Å². The highest BCUT2D eigenvalue weighted by atomic mass is 35.5. The smallest absolute Gasteiger partial charge is 0.126 e. The molecule has 100 valence electrons. The molecule has 1 atom stereocenters. The van der Waals surface area contributed by atoms with Crippen LogP contribution in [0.4, 0.5) is 0 Å².